The van der Waals surface area contributed by atoms with Gasteiger partial charge in [-0.3, -0.25) is 4.79 Å². The first kappa shape index (κ1) is 17.3. The highest BCUT2D eigenvalue weighted by atomic mass is 16.5. The number of amides is 1. The SMILES string of the molecule is CCOc1ccccc1C[NH+]1CCC[C@@H](C(=O)N2CCCCC2)C1. The molecule has 1 unspecified atom stereocenters. The number of nitrogens with one attached hydrogen (secondary N) is 1. The minimum Gasteiger partial charge on any atom is -0.493 e. The fourth-order valence-corrected chi connectivity index (χ4v) is 4.11. The van der Waals surface area contributed by atoms with Crippen molar-refractivity contribution >= 4 is 5.91 Å². The third-order valence-electron chi connectivity index (χ3n) is 5.35. The lowest BCUT2D eigenvalue weighted by Gasteiger charge is -2.34. The van der Waals surface area contributed by atoms with Crippen molar-refractivity contribution in [2.75, 3.05) is 32.8 Å². The summed E-state index contributed by atoms with van der Waals surface area (Å²) in [5.74, 6) is 1.62. The minimum atomic E-state index is 0.214. The standard InChI is InChI=1S/C20H30N2O2/c1-2-24-19-11-5-4-9-17(19)15-21-12-8-10-18(16-21)20(23)22-13-6-3-7-14-22/h4-5,9,11,18H,2-3,6-8,10,12-16H2,1H3/p+1/t18-/m1/s1. The topological polar surface area (TPSA) is 34.0 Å². The van der Waals surface area contributed by atoms with Gasteiger partial charge < -0.3 is 14.5 Å². The molecule has 0 spiro atoms. The lowest BCUT2D eigenvalue weighted by molar-refractivity contribution is -0.921. The molecule has 4 heteroatoms. The Balaban J connectivity index is 1.60. The van der Waals surface area contributed by atoms with Crippen molar-refractivity contribution < 1.29 is 14.4 Å². The number of ether oxygens (including phenoxy) is 1. The second kappa shape index (κ2) is 8.52. The minimum absolute atomic E-state index is 0.214. The quantitative estimate of drug-likeness (QED) is 0.894. The summed E-state index contributed by atoms with van der Waals surface area (Å²) in [5, 5.41) is 0. The molecule has 1 aromatic rings. The second-order valence-corrected chi connectivity index (χ2v) is 7.15. The van der Waals surface area contributed by atoms with E-state index in [-0.39, 0.29) is 5.92 Å². The van der Waals surface area contributed by atoms with Crippen LogP contribution in [0, 0.1) is 5.92 Å². The molecule has 1 aromatic carbocycles. The van der Waals surface area contributed by atoms with Gasteiger partial charge in [0.2, 0.25) is 5.91 Å². The van der Waals surface area contributed by atoms with Crippen molar-refractivity contribution in [1.29, 1.82) is 0 Å². The predicted molar refractivity (Wildman–Crippen MR) is 95.2 cm³/mol. The summed E-state index contributed by atoms with van der Waals surface area (Å²) in [6.07, 6.45) is 5.84. The van der Waals surface area contributed by atoms with E-state index in [2.05, 4.69) is 23.1 Å². The lowest BCUT2D eigenvalue weighted by atomic mass is 9.95. The molecule has 0 radical (unpaired) electrons. The molecular weight excluding hydrogens is 300 g/mol. The molecule has 2 heterocycles. The second-order valence-electron chi connectivity index (χ2n) is 7.15. The molecule has 24 heavy (non-hydrogen) atoms. The van der Waals surface area contributed by atoms with E-state index in [1.54, 1.807) is 0 Å². The van der Waals surface area contributed by atoms with Crippen LogP contribution in [-0.2, 0) is 11.3 Å². The van der Waals surface area contributed by atoms with Gasteiger partial charge >= 0.3 is 0 Å². The molecule has 4 nitrogen and oxygen atoms in total. The number of rotatable bonds is 5. The Morgan fingerprint density at radius 1 is 1.21 bits per heavy atom. The number of benzene rings is 1. The maximum atomic E-state index is 12.8. The van der Waals surface area contributed by atoms with E-state index in [1.807, 2.05) is 13.0 Å². The molecule has 2 aliphatic rings. The monoisotopic (exact) mass is 331 g/mol. The van der Waals surface area contributed by atoms with Gasteiger partial charge in [-0.2, -0.15) is 0 Å². The fourth-order valence-electron chi connectivity index (χ4n) is 4.11. The number of nitrogens with zero attached hydrogens (tertiary/aromatic N) is 1. The first-order chi connectivity index (χ1) is 11.8. The van der Waals surface area contributed by atoms with Crippen molar-refractivity contribution in [3.63, 3.8) is 0 Å². The van der Waals surface area contributed by atoms with Gasteiger partial charge in [-0.05, 0) is 51.2 Å². The highest BCUT2D eigenvalue weighted by molar-refractivity contribution is 5.79. The van der Waals surface area contributed by atoms with Gasteiger partial charge in [-0.25, -0.2) is 0 Å². The zero-order valence-electron chi connectivity index (χ0n) is 14.9. The Hall–Kier alpha value is -1.55. The van der Waals surface area contributed by atoms with Gasteiger partial charge in [0.25, 0.3) is 0 Å². The Bertz CT molecular complexity index is 540. The van der Waals surface area contributed by atoms with Crippen LogP contribution in [0.2, 0.25) is 0 Å². The Kier molecular flexibility index (Phi) is 6.13. The van der Waals surface area contributed by atoms with E-state index in [9.17, 15) is 4.79 Å². The molecule has 132 valence electrons. The normalized spacial score (nSPS) is 24.6. The molecule has 0 aliphatic carbocycles. The number of piperidine rings is 2. The van der Waals surface area contributed by atoms with Crippen LogP contribution < -0.4 is 9.64 Å². The first-order valence-corrected chi connectivity index (χ1v) is 9.61. The summed E-state index contributed by atoms with van der Waals surface area (Å²) < 4.78 is 5.76. The highest BCUT2D eigenvalue weighted by Crippen LogP contribution is 2.19. The summed E-state index contributed by atoms with van der Waals surface area (Å²) in [7, 11) is 0. The van der Waals surface area contributed by atoms with Crippen molar-refractivity contribution in [1.82, 2.24) is 4.90 Å². The zero-order valence-corrected chi connectivity index (χ0v) is 14.9. The van der Waals surface area contributed by atoms with Crippen molar-refractivity contribution in [2.45, 2.75) is 45.6 Å². The van der Waals surface area contributed by atoms with Crippen LogP contribution in [-0.4, -0.2) is 43.6 Å². The molecule has 0 saturated carbocycles. The lowest BCUT2D eigenvalue weighted by Crippen LogP contribution is -3.12. The number of carbonyl (C=O) groups is 1. The molecule has 2 aliphatic heterocycles. The summed E-state index contributed by atoms with van der Waals surface area (Å²) >= 11 is 0. The summed E-state index contributed by atoms with van der Waals surface area (Å²) in [6, 6.07) is 8.33. The fraction of sp³-hybridized carbons (Fsp3) is 0.650. The van der Waals surface area contributed by atoms with Gasteiger partial charge in [0.1, 0.15) is 12.3 Å². The van der Waals surface area contributed by atoms with Crippen molar-refractivity contribution in [3.8, 4) is 5.75 Å². The molecule has 1 N–H and O–H groups in total. The Morgan fingerprint density at radius 3 is 2.79 bits per heavy atom. The third kappa shape index (κ3) is 4.29. The van der Waals surface area contributed by atoms with Crippen LogP contribution in [0.15, 0.2) is 24.3 Å². The average molecular weight is 331 g/mol. The van der Waals surface area contributed by atoms with Gasteiger partial charge in [-0.15, -0.1) is 0 Å². The molecule has 2 fully saturated rings. The first-order valence-electron chi connectivity index (χ1n) is 9.61. The summed E-state index contributed by atoms with van der Waals surface area (Å²) in [5.41, 5.74) is 1.26. The number of hydrogen-bond donors (Lipinski definition) is 1. The maximum Gasteiger partial charge on any atom is 0.231 e. The predicted octanol–water partition coefficient (Wildman–Crippen LogP) is 1.89. The van der Waals surface area contributed by atoms with E-state index in [4.69, 9.17) is 4.74 Å². The Morgan fingerprint density at radius 2 is 2.00 bits per heavy atom. The van der Waals surface area contributed by atoms with E-state index in [0.29, 0.717) is 12.5 Å². The van der Waals surface area contributed by atoms with Gasteiger partial charge in [0.15, 0.2) is 0 Å². The van der Waals surface area contributed by atoms with Crippen molar-refractivity contribution in [2.24, 2.45) is 5.92 Å². The van der Waals surface area contributed by atoms with Crippen LogP contribution in [0.5, 0.6) is 5.75 Å². The number of carbonyl (C=O) groups excluding carboxylic acids is 1. The zero-order chi connectivity index (χ0) is 16.8. The molecular formula is C20H31N2O2+. The average Bonchev–Trinajstić information content (AvgIpc) is 2.64. The summed E-state index contributed by atoms with van der Waals surface area (Å²) in [4.78, 5) is 16.4. The number of quaternary nitrogens is 1. The molecule has 0 aromatic heterocycles. The third-order valence-corrected chi connectivity index (χ3v) is 5.35. The molecule has 2 saturated heterocycles. The van der Waals surface area contributed by atoms with E-state index in [1.165, 1.54) is 29.7 Å². The summed E-state index contributed by atoms with van der Waals surface area (Å²) in [6.45, 7) is 7.75. The van der Waals surface area contributed by atoms with E-state index < -0.39 is 0 Å². The number of likely N-dealkylation sites (tertiary alicyclic amines) is 2. The van der Waals surface area contributed by atoms with Crippen LogP contribution in [0.3, 0.4) is 0 Å². The maximum absolute atomic E-state index is 12.8. The van der Waals surface area contributed by atoms with E-state index >= 15 is 0 Å². The van der Waals surface area contributed by atoms with Crippen LogP contribution >= 0.6 is 0 Å². The van der Waals surface area contributed by atoms with Crippen molar-refractivity contribution in [3.05, 3.63) is 29.8 Å². The van der Waals surface area contributed by atoms with Crippen LogP contribution in [0.25, 0.3) is 0 Å². The smallest absolute Gasteiger partial charge is 0.231 e. The van der Waals surface area contributed by atoms with Gasteiger partial charge in [0, 0.05) is 18.7 Å². The van der Waals surface area contributed by atoms with Gasteiger partial charge in [0.05, 0.1) is 25.6 Å². The number of para-hydroxylation sites is 1. The Labute approximate surface area is 145 Å². The molecule has 3 rings (SSSR count). The highest BCUT2D eigenvalue weighted by Gasteiger charge is 2.32. The van der Waals surface area contributed by atoms with Crippen LogP contribution in [0.1, 0.15) is 44.6 Å². The largest absolute Gasteiger partial charge is 0.493 e. The molecule has 2 atom stereocenters. The van der Waals surface area contributed by atoms with Crippen LogP contribution in [0.4, 0.5) is 0 Å². The molecule has 0 bridgehead atoms. The van der Waals surface area contributed by atoms with Gasteiger partial charge in [-0.1, -0.05) is 12.1 Å². The molecule has 1 amide bonds. The number of hydrogen-bond acceptors (Lipinski definition) is 2. The van der Waals surface area contributed by atoms with E-state index in [0.717, 1.165) is 51.3 Å².